The molecule has 21 heavy (non-hydrogen) atoms. The summed E-state index contributed by atoms with van der Waals surface area (Å²) in [4.78, 5) is 11.1. The van der Waals surface area contributed by atoms with Crippen molar-refractivity contribution in [2.45, 2.75) is 56.6 Å². The van der Waals surface area contributed by atoms with Crippen LogP contribution < -0.4 is 4.74 Å². The molecular weight excluding hydrogens is 266 g/mol. The molecule has 1 saturated carbocycles. The number of likely N-dealkylation sites (tertiary alicyclic amines) is 1. The predicted molar refractivity (Wildman–Crippen MR) is 80.2 cm³/mol. The number of piperidine rings is 1. The van der Waals surface area contributed by atoms with Crippen molar-refractivity contribution in [2.24, 2.45) is 0 Å². The largest absolute Gasteiger partial charge is 0.480 e. The average Bonchev–Trinajstić information content (AvgIpc) is 3.06. The van der Waals surface area contributed by atoms with Crippen LogP contribution in [0.2, 0.25) is 0 Å². The van der Waals surface area contributed by atoms with Gasteiger partial charge in [0.1, 0.15) is 11.8 Å². The summed E-state index contributed by atoms with van der Waals surface area (Å²) >= 11 is 0. The van der Waals surface area contributed by atoms with Crippen molar-refractivity contribution in [3.05, 3.63) is 18.1 Å². The van der Waals surface area contributed by atoms with Gasteiger partial charge in [0.05, 0.1) is 12.6 Å². The van der Waals surface area contributed by atoms with E-state index in [1.807, 2.05) is 0 Å². The summed E-state index contributed by atoms with van der Waals surface area (Å²) in [6.07, 6.45) is 10.8. The van der Waals surface area contributed by atoms with Crippen LogP contribution in [0.25, 0.3) is 0 Å². The van der Waals surface area contributed by atoms with Crippen LogP contribution in [0.5, 0.6) is 5.88 Å². The molecular formula is C16H25N3O2. The Kier molecular flexibility index (Phi) is 4.40. The molecule has 116 valence electrons. The first kappa shape index (κ1) is 14.7. The molecule has 0 amide bonds. The van der Waals surface area contributed by atoms with E-state index in [2.05, 4.69) is 14.9 Å². The van der Waals surface area contributed by atoms with Gasteiger partial charge in [-0.2, -0.15) is 0 Å². The number of methoxy groups -OCH3 is 1. The number of aliphatic hydroxyl groups is 1. The van der Waals surface area contributed by atoms with Gasteiger partial charge in [0.2, 0.25) is 5.88 Å². The minimum atomic E-state index is -0.623. The third-order valence-electron chi connectivity index (χ3n) is 5.11. The monoisotopic (exact) mass is 291 g/mol. The molecule has 1 aliphatic heterocycles. The Morgan fingerprint density at radius 3 is 2.43 bits per heavy atom. The third-order valence-corrected chi connectivity index (χ3v) is 5.11. The molecule has 0 spiro atoms. The van der Waals surface area contributed by atoms with Crippen LogP contribution in [0.3, 0.4) is 0 Å². The van der Waals surface area contributed by atoms with E-state index in [0.717, 1.165) is 25.9 Å². The van der Waals surface area contributed by atoms with Crippen molar-refractivity contribution in [1.29, 1.82) is 0 Å². The molecule has 1 N–H and O–H groups in total. The summed E-state index contributed by atoms with van der Waals surface area (Å²) in [6, 6.07) is 0. The molecule has 5 heteroatoms. The van der Waals surface area contributed by atoms with Crippen LogP contribution >= 0.6 is 0 Å². The number of aliphatic hydroxyl groups excluding tert-OH is 1. The van der Waals surface area contributed by atoms with Crippen molar-refractivity contribution < 1.29 is 9.84 Å². The van der Waals surface area contributed by atoms with Crippen LogP contribution in [0.1, 0.15) is 56.7 Å². The summed E-state index contributed by atoms with van der Waals surface area (Å²) in [5.74, 6) is 0.452. The second-order valence-electron chi connectivity index (χ2n) is 6.21. The molecule has 2 aliphatic rings. The lowest BCUT2D eigenvalue weighted by molar-refractivity contribution is -0.0436. The van der Waals surface area contributed by atoms with Crippen molar-refractivity contribution >= 4 is 0 Å². The van der Waals surface area contributed by atoms with E-state index in [1.54, 1.807) is 19.5 Å². The van der Waals surface area contributed by atoms with Crippen LogP contribution in [0.4, 0.5) is 0 Å². The first-order valence-corrected chi connectivity index (χ1v) is 8.06. The first-order chi connectivity index (χ1) is 10.3. The van der Waals surface area contributed by atoms with E-state index in [1.165, 1.54) is 32.1 Å². The summed E-state index contributed by atoms with van der Waals surface area (Å²) in [5.41, 5.74) is 0.413. The molecule has 1 unspecified atom stereocenters. The van der Waals surface area contributed by atoms with Gasteiger partial charge in [-0.3, -0.25) is 9.88 Å². The topological polar surface area (TPSA) is 58.5 Å². The fourth-order valence-electron chi connectivity index (χ4n) is 4.02. The van der Waals surface area contributed by atoms with E-state index in [9.17, 15) is 5.11 Å². The summed E-state index contributed by atoms with van der Waals surface area (Å²) < 4.78 is 5.31. The first-order valence-electron chi connectivity index (χ1n) is 8.06. The van der Waals surface area contributed by atoms with Gasteiger partial charge < -0.3 is 9.84 Å². The van der Waals surface area contributed by atoms with Crippen molar-refractivity contribution in [2.75, 3.05) is 20.2 Å². The Morgan fingerprint density at radius 2 is 1.76 bits per heavy atom. The van der Waals surface area contributed by atoms with E-state index < -0.39 is 6.10 Å². The molecule has 1 aromatic rings. The maximum atomic E-state index is 11.1. The smallest absolute Gasteiger partial charge is 0.238 e. The number of nitrogens with zero attached hydrogens (tertiary/aromatic N) is 3. The normalized spacial score (nSPS) is 23.9. The van der Waals surface area contributed by atoms with Crippen molar-refractivity contribution in [3.8, 4) is 5.88 Å². The number of hydrogen-bond acceptors (Lipinski definition) is 5. The summed E-state index contributed by atoms with van der Waals surface area (Å²) in [5, 5.41) is 11.1. The third kappa shape index (κ3) is 2.64. The highest BCUT2D eigenvalue weighted by molar-refractivity contribution is 5.24. The SMILES string of the molecule is COc1nccnc1C(O)C1(N2CCCCC2)CCCC1. The highest BCUT2D eigenvalue weighted by Gasteiger charge is 2.47. The van der Waals surface area contributed by atoms with Gasteiger partial charge in [-0.25, -0.2) is 4.98 Å². The Morgan fingerprint density at radius 1 is 1.10 bits per heavy atom. The van der Waals surface area contributed by atoms with Crippen LogP contribution in [0.15, 0.2) is 12.4 Å². The molecule has 5 nitrogen and oxygen atoms in total. The van der Waals surface area contributed by atoms with E-state index in [0.29, 0.717) is 11.6 Å². The summed E-state index contributed by atoms with van der Waals surface area (Å²) in [7, 11) is 1.59. The van der Waals surface area contributed by atoms with Crippen LogP contribution in [0, 0.1) is 0 Å². The Labute approximate surface area is 126 Å². The number of aromatic nitrogens is 2. The maximum absolute atomic E-state index is 11.1. The van der Waals surface area contributed by atoms with E-state index >= 15 is 0 Å². The van der Waals surface area contributed by atoms with Gasteiger partial charge in [-0.05, 0) is 38.8 Å². The van der Waals surface area contributed by atoms with Gasteiger partial charge in [0.25, 0.3) is 0 Å². The molecule has 1 saturated heterocycles. The maximum Gasteiger partial charge on any atom is 0.238 e. The zero-order chi connectivity index (χ0) is 14.7. The lowest BCUT2D eigenvalue weighted by Gasteiger charge is -2.46. The molecule has 1 atom stereocenters. The molecule has 2 heterocycles. The molecule has 0 aromatic carbocycles. The number of ether oxygens (including phenoxy) is 1. The summed E-state index contributed by atoms with van der Waals surface area (Å²) in [6.45, 7) is 2.17. The lowest BCUT2D eigenvalue weighted by atomic mass is 9.84. The Hall–Kier alpha value is -1.20. The Balaban J connectivity index is 1.92. The molecule has 1 aromatic heterocycles. The molecule has 0 bridgehead atoms. The lowest BCUT2D eigenvalue weighted by Crippen LogP contribution is -2.53. The average molecular weight is 291 g/mol. The molecule has 0 radical (unpaired) electrons. The minimum Gasteiger partial charge on any atom is -0.480 e. The van der Waals surface area contributed by atoms with E-state index in [4.69, 9.17) is 4.74 Å². The van der Waals surface area contributed by atoms with Crippen LogP contribution in [-0.2, 0) is 0 Å². The van der Waals surface area contributed by atoms with E-state index in [-0.39, 0.29) is 5.54 Å². The fourth-order valence-corrected chi connectivity index (χ4v) is 4.02. The highest BCUT2D eigenvalue weighted by atomic mass is 16.5. The van der Waals surface area contributed by atoms with Gasteiger partial charge in [-0.1, -0.05) is 19.3 Å². The molecule has 3 rings (SSSR count). The van der Waals surface area contributed by atoms with Crippen molar-refractivity contribution in [3.63, 3.8) is 0 Å². The molecule has 1 aliphatic carbocycles. The van der Waals surface area contributed by atoms with Gasteiger partial charge >= 0.3 is 0 Å². The Bertz CT molecular complexity index is 468. The van der Waals surface area contributed by atoms with Crippen LogP contribution in [-0.4, -0.2) is 45.7 Å². The van der Waals surface area contributed by atoms with Gasteiger partial charge in [0.15, 0.2) is 0 Å². The quantitative estimate of drug-likeness (QED) is 0.922. The number of rotatable bonds is 4. The standard InChI is InChI=1S/C16H25N3O2/c1-21-15-13(17-9-10-18-15)14(20)16(7-3-4-8-16)19-11-5-2-6-12-19/h9-10,14,20H,2-8,11-12H2,1H3. The zero-order valence-electron chi connectivity index (χ0n) is 12.8. The fraction of sp³-hybridized carbons (Fsp3) is 0.750. The number of hydrogen-bond donors (Lipinski definition) is 1. The second-order valence-corrected chi connectivity index (χ2v) is 6.21. The minimum absolute atomic E-state index is 0.177. The zero-order valence-corrected chi connectivity index (χ0v) is 12.8. The van der Waals surface area contributed by atoms with Gasteiger partial charge in [-0.15, -0.1) is 0 Å². The molecule has 2 fully saturated rings. The highest BCUT2D eigenvalue weighted by Crippen LogP contribution is 2.46. The van der Waals surface area contributed by atoms with Gasteiger partial charge in [0, 0.05) is 12.4 Å². The van der Waals surface area contributed by atoms with Crippen molar-refractivity contribution in [1.82, 2.24) is 14.9 Å². The second kappa shape index (κ2) is 6.28. The predicted octanol–water partition coefficient (Wildman–Crippen LogP) is 2.32.